The van der Waals surface area contributed by atoms with Crippen LogP contribution in [0.3, 0.4) is 0 Å². The molecular formula is C13H25NO3. The van der Waals surface area contributed by atoms with Crippen molar-refractivity contribution in [2.45, 2.75) is 58.2 Å². The molecule has 0 aromatic heterocycles. The van der Waals surface area contributed by atoms with E-state index in [1.807, 2.05) is 0 Å². The lowest BCUT2D eigenvalue weighted by atomic mass is 9.96. The average molecular weight is 243 g/mol. The fraction of sp³-hybridized carbons (Fsp3) is 0.923. The van der Waals surface area contributed by atoms with Crippen molar-refractivity contribution in [3.05, 3.63) is 0 Å². The molecule has 0 aliphatic carbocycles. The zero-order valence-electron chi connectivity index (χ0n) is 11.4. The Morgan fingerprint density at radius 2 is 2.29 bits per heavy atom. The van der Waals surface area contributed by atoms with Gasteiger partial charge in [-0.05, 0) is 25.7 Å². The van der Waals surface area contributed by atoms with Gasteiger partial charge in [0.1, 0.15) is 6.04 Å². The third-order valence-corrected chi connectivity index (χ3v) is 3.57. The molecule has 1 aliphatic rings. The molecule has 0 radical (unpaired) electrons. The molecule has 0 spiro atoms. The van der Waals surface area contributed by atoms with Gasteiger partial charge >= 0.3 is 5.97 Å². The van der Waals surface area contributed by atoms with Crippen molar-refractivity contribution in [2.24, 2.45) is 5.92 Å². The summed E-state index contributed by atoms with van der Waals surface area (Å²) in [5, 5.41) is 3.43. The van der Waals surface area contributed by atoms with Gasteiger partial charge in [-0.1, -0.05) is 20.3 Å². The molecule has 1 rings (SSSR count). The minimum absolute atomic E-state index is 0.154. The van der Waals surface area contributed by atoms with Gasteiger partial charge in [-0.2, -0.15) is 0 Å². The second-order valence-corrected chi connectivity index (χ2v) is 4.96. The van der Waals surface area contributed by atoms with E-state index in [1.165, 1.54) is 7.11 Å². The summed E-state index contributed by atoms with van der Waals surface area (Å²) in [7, 11) is 1.45. The van der Waals surface area contributed by atoms with Crippen LogP contribution in [0.15, 0.2) is 0 Å². The van der Waals surface area contributed by atoms with Gasteiger partial charge in [-0.15, -0.1) is 0 Å². The van der Waals surface area contributed by atoms with E-state index in [2.05, 4.69) is 26.1 Å². The summed E-state index contributed by atoms with van der Waals surface area (Å²) < 4.78 is 10.4. The third kappa shape index (κ3) is 4.28. The van der Waals surface area contributed by atoms with Crippen molar-refractivity contribution >= 4 is 5.97 Å². The lowest BCUT2D eigenvalue weighted by molar-refractivity contribution is -0.145. The number of hydrogen-bond donors (Lipinski definition) is 1. The number of methoxy groups -OCH3 is 1. The monoisotopic (exact) mass is 243 g/mol. The Morgan fingerprint density at radius 3 is 2.82 bits per heavy atom. The highest BCUT2D eigenvalue weighted by atomic mass is 16.5. The zero-order valence-corrected chi connectivity index (χ0v) is 11.4. The molecule has 1 fully saturated rings. The lowest BCUT2D eigenvalue weighted by Gasteiger charge is -2.32. The number of ether oxygens (including phenoxy) is 2. The summed E-state index contributed by atoms with van der Waals surface area (Å²) in [6.45, 7) is 7.02. The van der Waals surface area contributed by atoms with E-state index in [0.29, 0.717) is 12.0 Å². The van der Waals surface area contributed by atoms with E-state index in [1.54, 1.807) is 0 Å². The van der Waals surface area contributed by atoms with Crippen molar-refractivity contribution in [1.82, 2.24) is 5.32 Å². The standard InChI is InChI=1S/C13H25NO3/c1-5-9(2)12(13(15)16-4)14-11-6-7-17-10(3)8-11/h9-12,14H,5-8H2,1-4H3. The van der Waals surface area contributed by atoms with Gasteiger partial charge in [-0.3, -0.25) is 4.79 Å². The first kappa shape index (κ1) is 14.5. The van der Waals surface area contributed by atoms with Crippen LogP contribution in [0.4, 0.5) is 0 Å². The molecule has 4 heteroatoms. The second kappa shape index (κ2) is 6.97. The Hall–Kier alpha value is -0.610. The van der Waals surface area contributed by atoms with Crippen LogP contribution in [0.5, 0.6) is 0 Å². The molecule has 1 aliphatic heterocycles. The maximum absolute atomic E-state index is 11.8. The van der Waals surface area contributed by atoms with E-state index >= 15 is 0 Å². The van der Waals surface area contributed by atoms with E-state index in [9.17, 15) is 4.79 Å². The molecule has 0 aromatic carbocycles. The topological polar surface area (TPSA) is 47.6 Å². The van der Waals surface area contributed by atoms with Crippen molar-refractivity contribution in [1.29, 1.82) is 0 Å². The first-order valence-corrected chi connectivity index (χ1v) is 6.54. The van der Waals surface area contributed by atoms with Crippen molar-refractivity contribution in [3.8, 4) is 0 Å². The number of rotatable bonds is 5. The number of carbonyl (C=O) groups is 1. The van der Waals surface area contributed by atoms with Gasteiger partial charge in [0.05, 0.1) is 13.2 Å². The maximum Gasteiger partial charge on any atom is 0.323 e. The second-order valence-electron chi connectivity index (χ2n) is 4.96. The summed E-state index contributed by atoms with van der Waals surface area (Å²) in [6, 6.07) is 0.164. The van der Waals surface area contributed by atoms with Crippen molar-refractivity contribution < 1.29 is 14.3 Å². The van der Waals surface area contributed by atoms with E-state index in [4.69, 9.17) is 9.47 Å². The highest BCUT2D eigenvalue weighted by Gasteiger charge is 2.29. The maximum atomic E-state index is 11.8. The minimum atomic E-state index is -0.194. The molecule has 4 unspecified atom stereocenters. The van der Waals surface area contributed by atoms with Gasteiger partial charge in [-0.25, -0.2) is 0 Å². The first-order chi connectivity index (χ1) is 8.08. The fourth-order valence-corrected chi connectivity index (χ4v) is 2.23. The highest BCUT2D eigenvalue weighted by molar-refractivity contribution is 5.76. The van der Waals surface area contributed by atoms with E-state index < -0.39 is 0 Å². The molecule has 1 saturated heterocycles. The number of carbonyl (C=O) groups excluding carboxylic acids is 1. The predicted octanol–water partition coefficient (Wildman–Crippen LogP) is 1.73. The Balaban J connectivity index is 2.55. The molecule has 0 saturated carbocycles. The Morgan fingerprint density at radius 1 is 1.59 bits per heavy atom. The quantitative estimate of drug-likeness (QED) is 0.747. The molecule has 0 aromatic rings. The van der Waals surface area contributed by atoms with Crippen LogP contribution in [0.2, 0.25) is 0 Å². The summed E-state index contributed by atoms with van der Waals surface area (Å²) in [6.07, 6.45) is 3.17. The third-order valence-electron chi connectivity index (χ3n) is 3.57. The Labute approximate surface area is 104 Å². The smallest absolute Gasteiger partial charge is 0.323 e. The predicted molar refractivity (Wildman–Crippen MR) is 66.8 cm³/mol. The van der Waals surface area contributed by atoms with Gasteiger partial charge in [0, 0.05) is 12.6 Å². The number of nitrogens with one attached hydrogen (secondary N) is 1. The minimum Gasteiger partial charge on any atom is -0.468 e. The normalized spacial score (nSPS) is 28.5. The van der Waals surface area contributed by atoms with Gasteiger partial charge in [0.2, 0.25) is 0 Å². The molecule has 1 N–H and O–H groups in total. The SMILES string of the molecule is CCC(C)C(NC1CCOC(C)C1)C(=O)OC. The average Bonchev–Trinajstić information content (AvgIpc) is 2.34. The summed E-state index contributed by atoms with van der Waals surface area (Å²) in [5.74, 6) is 0.138. The van der Waals surface area contributed by atoms with Crippen LogP contribution in [-0.2, 0) is 14.3 Å². The Bertz CT molecular complexity index is 245. The van der Waals surface area contributed by atoms with Gasteiger partial charge in [0.15, 0.2) is 0 Å². The van der Waals surface area contributed by atoms with Crippen LogP contribution < -0.4 is 5.32 Å². The number of hydrogen-bond acceptors (Lipinski definition) is 4. The number of esters is 1. The summed E-state index contributed by atoms with van der Waals surface area (Å²) in [5.41, 5.74) is 0. The van der Waals surface area contributed by atoms with Gasteiger partial charge in [0.25, 0.3) is 0 Å². The van der Waals surface area contributed by atoms with Crippen molar-refractivity contribution in [3.63, 3.8) is 0 Å². The molecule has 0 bridgehead atoms. The largest absolute Gasteiger partial charge is 0.468 e. The Kier molecular flexibility index (Phi) is 5.92. The van der Waals surface area contributed by atoms with Crippen LogP contribution in [0.25, 0.3) is 0 Å². The first-order valence-electron chi connectivity index (χ1n) is 6.54. The summed E-state index contributed by atoms with van der Waals surface area (Å²) in [4.78, 5) is 11.8. The molecule has 0 amide bonds. The van der Waals surface area contributed by atoms with Crippen LogP contribution in [0, 0.1) is 5.92 Å². The van der Waals surface area contributed by atoms with Crippen LogP contribution in [-0.4, -0.2) is 37.9 Å². The molecule has 4 nitrogen and oxygen atoms in total. The van der Waals surface area contributed by atoms with Gasteiger partial charge < -0.3 is 14.8 Å². The van der Waals surface area contributed by atoms with E-state index in [0.717, 1.165) is 25.9 Å². The molecule has 4 atom stereocenters. The van der Waals surface area contributed by atoms with E-state index in [-0.39, 0.29) is 18.1 Å². The van der Waals surface area contributed by atoms with Crippen molar-refractivity contribution in [2.75, 3.05) is 13.7 Å². The van der Waals surface area contributed by atoms with Crippen LogP contribution >= 0.6 is 0 Å². The summed E-state index contributed by atoms with van der Waals surface area (Å²) >= 11 is 0. The molecule has 100 valence electrons. The van der Waals surface area contributed by atoms with Crippen LogP contribution in [0.1, 0.15) is 40.0 Å². The lowest BCUT2D eigenvalue weighted by Crippen LogP contribution is -2.50. The molecular weight excluding hydrogens is 218 g/mol. The molecule has 1 heterocycles. The fourth-order valence-electron chi connectivity index (χ4n) is 2.23. The highest BCUT2D eigenvalue weighted by Crippen LogP contribution is 2.17. The molecule has 17 heavy (non-hydrogen) atoms. The zero-order chi connectivity index (χ0) is 12.8.